The molecule has 0 bridgehead atoms. The fourth-order valence-corrected chi connectivity index (χ4v) is 3.84. The number of rotatable bonds is 2. The predicted octanol–water partition coefficient (Wildman–Crippen LogP) is 1.10. The molecule has 0 N–H and O–H groups in total. The third-order valence-electron chi connectivity index (χ3n) is 5.11. The number of carbonyl (C=O) groups excluding carboxylic acids is 1. The van der Waals surface area contributed by atoms with Gasteiger partial charge in [0, 0.05) is 25.3 Å². The van der Waals surface area contributed by atoms with Gasteiger partial charge in [-0.05, 0) is 27.2 Å². The topological polar surface area (TPSA) is 78.1 Å². The van der Waals surface area contributed by atoms with Crippen molar-refractivity contribution in [1.29, 1.82) is 0 Å². The lowest BCUT2D eigenvalue weighted by atomic mass is 9.99. The highest BCUT2D eigenvalue weighted by atomic mass is 16.5. The zero-order chi connectivity index (χ0) is 16.8. The highest BCUT2D eigenvalue weighted by Gasteiger charge is 2.38. The van der Waals surface area contributed by atoms with Crippen LogP contribution >= 0.6 is 0 Å². The van der Waals surface area contributed by atoms with Gasteiger partial charge in [-0.3, -0.25) is 9.48 Å². The van der Waals surface area contributed by atoms with Crippen LogP contribution in [0.4, 0.5) is 0 Å². The van der Waals surface area contributed by atoms with Gasteiger partial charge in [-0.15, -0.1) is 5.10 Å². The number of piperidine rings is 1. The van der Waals surface area contributed by atoms with Crippen LogP contribution in [0.5, 0.6) is 0 Å². The summed E-state index contributed by atoms with van der Waals surface area (Å²) in [6.45, 7) is 8.49. The van der Waals surface area contributed by atoms with Crippen molar-refractivity contribution in [1.82, 2.24) is 29.7 Å². The summed E-state index contributed by atoms with van der Waals surface area (Å²) in [6, 6.07) is 0.0378. The van der Waals surface area contributed by atoms with Gasteiger partial charge in [-0.25, -0.2) is 4.68 Å². The van der Waals surface area contributed by atoms with Crippen LogP contribution in [0.3, 0.4) is 0 Å². The second kappa shape index (κ2) is 5.70. The van der Waals surface area contributed by atoms with Crippen molar-refractivity contribution in [3.63, 3.8) is 0 Å². The monoisotopic (exact) mass is 330 g/mol. The third-order valence-corrected chi connectivity index (χ3v) is 5.11. The summed E-state index contributed by atoms with van der Waals surface area (Å²) < 4.78 is 9.72. The van der Waals surface area contributed by atoms with Gasteiger partial charge in [-0.1, -0.05) is 5.21 Å². The number of carbonyl (C=O) groups is 1. The molecule has 1 amide bonds. The van der Waals surface area contributed by atoms with Gasteiger partial charge in [0.15, 0.2) is 0 Å². The second-order valence-electron chi connectivity index (χ2n) is 6.49. The maximum absolute atomic E-state index is 13.1. The Morgan fingerprint density at radius 3 is 3.00 bits per heavy atom. The summed E-state index contributed by atoms with van der Waals surface area (Å²) in [5.74, 6) is 0.0513. The molecule has 0 spiro atoms. The second-order valence-corrected chi connectivity index (χ2v) is 6.49. The van der Waals surface area contributed by atoms with Gasteiger partial charge in [0.1, 0.15) is 0 Å². The van der Waals surface area contributed by atoms with Crippen LogP contribution in [0, 0.1) is 13.8 Å². The molecule has 0 aliphatic carbocycles. The molecule has 2 aliphatic heterocycles. The molecule has 1 fully saturated rings. The molecule has 1 saturated heterocycles. The summed E-state index contributed by atoms with van der Waals surface area (Å²) in [7, 11) is 0. The first-order valence-electron chi connectivity index (χ1n) is 8.44. The van der Waals surface area contributed by atoms with Gasteiger partial charge in [-0.2, -0.15) is 5.10 Å². The van der Waals surface area contributed by atoms with Crippen molar-refractivity contribution in [2.45, 2.75) is 52.5 Å². The molecule has 24 heavy (non-hydrogen) atoms. The Labute approximate surface area is 140 Å². The highest BCUT2D eigenvalue weighted by molar-refractivity contribution is 5.96. The molecule has 4 rings (SSSR count). The van der Waals surface area contributed by atoms with E-state index in [9.17, 15) is 4.79 Å². The first kappa shape index (κ1) is 15.3. The average Bonchev–Trinajstić information content (AvgIpc) is 3.18. The van der Waals surface area contributed by atoms with Crippen LogP contribution in [0.15, 0.2) is 6.20 Å². The molecular weight excluding hydrogens is 308 g/mol. The standard InChI is InChI=1S/C16H22N6O2/c1-4-21-11(3)15(10(2)18-21)16(23)20-6-5-14-13(8-20)22-12(9-24-14)7-17-19-22/h7,13-14H,4-6,8-9H2,1-3H3. The molecule has 2 aliphatic rings. The minimum atomic E-state index is 0.0378. The smallest absolute Gasteiger partial charge is 0.257 e. The van der Waals surface area contributed by atoms with Crippen molar-refractivity contribution >= 4 is 5.91 Å². The SMILES string of the molecule is CCn1nc(C)c(C(=O)N2CCC3OCc4cnnn4C3C2)c1C. The zero-order valence-electron chi connectivity index (χ0n) is 14.3. The first-order valence-corrected chi connectivity index (χ1v) is 8.44. The Morgan fingerprint density at radius 2 is 2.25 bits per heavy atom. The van der Waals surface area contributed by atoms with Gasteiger partial charge in [0.2, 0.25) is 0 Å². The lowest BCUT2D eigenvalue weighted by molar-refractivity contribution is -0.0605. The third kappa shape index (κ3) is 2.24. The summed E-state index contributed by atoms with van der Waals surface area (Å²) in [5.41, 5.74) is 3.42. The summed E-state index contributed by atoms with van der Waals surface area (Å²) in [4.78, 5) is 15.0. The van der Waals surface area contributed by atoms with Crippen molar-refractivity contribution < 1.29 is 9.53 Å². The van der Waals surface area contributed by atoms with E-state index in [0.29, 0.717) is 19.7 Å². The minimum Gasteiger partial charge on any atom is -0.370 e. The van der Waals surface area contributed by atoms with Crippen LogP contribution in [0.2, 0.25) is 0 Å². The molecule has 2 atom stereocenters. The van der Waals surface area contributed by atoms with Gasteiger partial charge < -0.3 is 9.64 Å². The Hall–Kier alpha value is -2.22. The number of amides is 1. The van der Waals surface area contributed by atoms with Gasteiger partial charge >= 0.3 is 0 Å². The summed E-state index contributed by atoms with van der Waals surface area (Å²) in [5, 5.41) is 12.6. The lowest BCUT2D eigenvalue weighted by Gasteiger charge is -2.41. The Kier molecular flexibility index (Phi) is 3.64. The van der Waals surface area contributed by atoms with E-state index in [4.69, 9.17) is 4.74 Å². The number of aryl methyl sites for hydroxylation is 2. The van der Waals surface area contributed by atoms with E-state index in [1.807, 2.05) is 35.0 Å². The number of hydrogen-bond acceptors (Lipinski definition) is 5. The zero-order valence-corrected chi connectivity index (χ0v) is 14.3. The van der Waals surface area contributed by atoms with E-state index in [-0.39, 0.29) is 18.1 Å². The molecule has 8 heteroatoms. The Bertz CT molecular complexity index is 780. The van der Waals surface area contributed by atoms with Crippen LogP contribution < -0.4 is 0 Å². The van der Waals surface area contributed by atoms with E-state index in [1.165, 1.54) is 0 Å². The Balaban J connectivity index is 1.61. The van der Waals surface area contributed by atoms with E-state index in [0.717, 1.165) is 35.6 Å². The van der Waals surface area contributed by atoms with Crippen LogP contribution in [-0.2, 0) is 17.9 Å². The highest BCUT2D eigenvalue weighted by Crippen LogP contribution is 2.31. The maximum Gasteiger partial charge on any atom is 0.257 e. The van der Waals surface area contributed by atoms with E-state index < -0.39 is 0 Å². The quantitative estimate of drug-likeness (QED) is 0.824. The number of fused-ring (bicyclic) bond motifs is 3. The molecule has 2 aromatic rings. The molecule has 4 heterocycles. The molecule has 0 aromatic carbocycles. The number of hydrogen-bond donors (Lipinski definition) is 0. The number of nitrogens with zero attached hydrogens (tertiary/aromatic N) is 6. The number of likely N-dealkylation sites (tertiary alicyclic amines) is 1. The predicted molar refractivity (Wildman–Crippen MR) is 85.5 cm³/mol. The minimum absolute atomic E-state index is 0.0378. The van der Waals surface area contributed by atoms with Gasteiger partial charge in [0.25, 0.3) is 5.91 Å². The summed E-state index contributed by atoms with van der Waals surface area (Å²) in [6.07, 6.45) is 2.65. The molecule has 8 nitrogen and oxygen atoms in total. The van der Waals surface area contributed by atoms with Crippen molar-refractivity contribution in [2.24, 2.45) is 0 Å². The fraction of sp³-hybridized carbons (Fsp3) is 0.625. The molecule has 128 valence electrons. The molecule has 0 radical (unpaired) electrons. The van der Waals surface area contributed by atoms with Crippen LogP contribution in [0.1, 0.15) is 46.8 Å². The van der Waals surface area contributed by atoms with Gasteiger partial charge in [0.05, 0.1) is 41.9 Å². The normalized spacial score (nSPS) is 23.0. The van der Waals surface area contributed by atoms with Crippen LogP contribution in [0.25, 0.3) is 0 Å². The van der Waals surface area contributed by atoms with Crippen molar-refractivity contribution in [3.8, 4) is 0 Å². The molecule has 2 unspecified atom stereocenters. The lowest BCUT2D eigenvalue weighted by Crippen LogP contribution is -2.50. The number of aromatic nitrogens is 5. The van der Waals surface area contributed by atoms with E-state index >= 15 is 0 Å². The molecule has 0 saturated carbocycles. The van der Waals surface area contributed by atoms with Crippen molar-refractivity contribution in [3.05, 3.63) is 28.8 Å². The fourth-order valence-electron chi connectivity index (χ4n) is 3.84. The number of ether oxygens (including phenoxy) is 1. The Morgan fingerprint density at radius 1 is 1.42 bits per heavy atom. The first-order chi connectivity index (χ1) is 11.6. The largest absolute Gasteiger partial charge is 0.370 e. The van der Waals surface area contributed by atoms with E-state index in [2.05, 4.69) is 15.4 Å². The molecule has 2 aromatic heterocycles. The maximum atomic E-state index is 13.1. The summed E-state index contributed by atoms with van der Waals surface area (Å²) >= 11 is 0. The van der Waals surface area contributed by atoms with Crippen LogP contribution in [-0.4, -0.2) is 54.8 Å². The van der Waals surface area contributed by atoms with E-state index in [1.54, 1.807) is 6.20 Å². The van der Waals surface area contributed by atoms with Crippen molar-refractivity contribution in [2.75, 3.05) is 13.1 Å². The molecular formula is C16H22N6O2. The average molecular weight is 330 g/mol.